The van der Waals surface area contributed by atoms with Crippen LogP contribution in [0.2, 0.25) is 0 Å². The van der Waals surface area contributed by atoms with Gasteiger partial charge in [-0.15, -0.1) is 0 Å². The molecule has 0 radical (unpaired) electrons. The second-order valence-electron chi connectivity index (χ2n) is 15.6. The minimum Gasteiger partial charge on any atom is -0.493 e. The normalized spacial score (nSPS) is 42.0. The summed E-state index contributed by atoms with van der Waals surface area (Å²) in [6.07, 6.45) is -0.233. The van der Waals surface area contributed by atoms with Crippen molar-refractivity contribution in [1.29, 1.82) is 0 Å². The molecular formula is C39H62N2O9. The summed E-state index contributed by atoms with van der Waals surface area (Å²) < 4.78 is 32.1. The Balaban J connectivity index is 1.86. The number of Topliss-reactive ketones (excluding diaryl/α,β-unsaturated/α-hetero) is 1. The van der Waals surface area contributed by atoms with Gasteiger partial charge in [-0.25, -0.2) is 0 Å². The lowest BCUT2D eigenvalue weighted by Crippen LogP contribution is -2.60. The third kappa shape index (κ3) is 9.15. The van der Waals surface area contributed by atoms with E-state index in [1.807, 2.05) is 64.9 Å². The van der Waals surface area contributed by atoms with E-state index in [1.54, 1.807) is 26.2 Å². The maximum atomic E-state index is 14.3. The highest BCUT2D eigenvalue weighted by Gasteiger charge is 2.51. The molecule has 11 heteroatoms. The van der Waals surface area contributed by atoms with E-state index in [0.717, 1.165) is 5.56 Å². The lowest BCUT2D eigenvalue weighted by Gasteiger charge is -2.47. The summed E-state index contributed by atoms with van der Waals surface area (Å²) in [6, 6.07) is 9.58. The molecule has 2 fully saturated rings. The van der Waals surface area contributed by atoms with Crippen molar-refractivity contribution in [3.63, 3.8) is 0 Å². The van der Waals surface area contributed by atoms with Crippen LogP contribution in [0.25, 0.3) is 0 Å². The van der Waals surface area contributed by atoms with E-state index in [0.29, 0.717) is 32.4 Å². The Bertz CT molecular complexity index is 1290. The second-order valence-corrected chi connectivity index (χ2v) is 15.6. The number of esters is 1. The highest BCUT2D eigenvalue weighted by atomic mass is 16.7. The van der Waals surface area contributed by atoms with Crippen LogP contribution in [0.15, 0.2) is 42.7 Å². The molecule has 50 heavy (non-hydrogen) atoms. The molecule has 0 aromatic heterocycles. The lowest BCUT2D eigenvalue weighted by molar-refractivity contribution is -0.297. The standard InChI is InChI=1S/C39H62N2O9/c1-11-31-39(8,45)35-28(6)41(23-29-16-13-12-14-17-29)22-24(2)21-38(7,47-19-15-18-46-35)34(26(4)32(42)27(5)36(44)49-31)50-37-33(43)30(40(9)10)20-25(3)48-37/h12-18,24-28,30-31,33-35,37,43,45H,11,19-23H2,1-10H3/b18-15+/t24-,25-,26+,27?,28-,30+,31-,33-,34-,35+,37+,38-,39-/m1/s1. The van der Waals surface area contributed by atoms with Crippen molar-refractivity contribution < 1.29 is 43.5 Å². The minimum absolute atomic E-state index is 0.00150. The summed E-state index contributed by atoms with van der Waals surface area (Å²) in [5, 5.41) is 23.7. The fourth-order valence-electron chi connectivity index (χ4n) is 8.25. The third-order valence-electron chi connectivity index (χ3n) is 11.1. The highest BCUT2D eigenvalue weighted by molar-refractivity contribution is 6.00. The van der Waals surface area contributed by atoms with E-state index in [9.17, 15) is 19.8 Å². The lowest BCUT2D eigenvalue weighted by atomic mass is 9.78. The molecular weight excluding hydrogens is 640 g/mol. The van der Waals surface area contributed by atoms with E-state index in [1.165, 1.54) is 6.92 Å². The van der Waals surface area contributed by atoms with Gasteiger partial charge in [0.15, 0.2) is 12.1 Å². The van der Waals surface area contributed by atoms with Crippen LogP contribution in [0, 0.1) is 17.8 Å². The topological polar surface area (TPSA) is 127 Å². The first-order valence-corrected chi connectivity index (χ1v) is 18.3. The van der Waals surface area contributed by atoms with Gasteiger partial charge in [0.25, 0.3) is 0 Å². The summed E-state index contributed by atoms with van der Waals surface area (Å²) in [4.78, 5) is 32.3. The number of hydrogen-bond acceptors (Lipinski definition) is 11. The number of carbonyl (C=O) groups excluding carboxylic acids is 2. The molecule has 1 unspecified atom stereocenters. The van der Waals surface area contributed by atoms with Gasteiger partial charge in [-0.1, -0.05) is 51.1 Å². The number of aliphatic hydroxyl groups excluding tert-OH is 1. The maximum absolute atomic E-state index is 14.3. The Morgan fingerprint density at radius 1 is 1.06 bits per heavy atom. The smallest absolute Gasteiger partial charge is 0.316 e. The van der Waals surface area contributed by atoms with Gasteiger partial charge in [0.2, 0.25) is 0 Å². The minimum atomic E-state index is -1.62. The summed E-state index contributed by atoms with van der Waals surface area (Å²) in [5.74, 6) is -3.13. The molecule has 0 spiro atoms. The monoisotopic (exact) mass is 702 g/mol. The van der Waals surface area contributed by atoms with Gasteiger partial charge in [0, 0.05) is 31.1 Å². The molecule has 0 amide bonds. The van der Waals surface area contributed by atoms with Crippen molar-refractivity contribution in [3.05, 3.63) is 48.2 Å². The number of nitrogens with zero attached hydrogens (tertiary/aromatic N) is 2. The Hall–Kier alpha value is -2.38. The van der Waals surface area contributed by atoms with Crippen LogP contribution in [0.5, 0.6) is 0 Å². The number of rotatable bonds is 6. The van der Waals surface area contributed by atoms with E-state index in [4.69, 9.17) is 23.7 Å². The molecule has 2 saturated heterocycles. The quantitative estimate of drug-likeness (QED) is 0.325. The number of aliphatic hydroxyl groups is 2. The average Bonchev–Trinajstić information content (AvgIpc) is 3.06. The molecule has 5 rings (SSSR count). The molecule has 1 aromatic rings. The number of carbonyl (C=O) groups is 2. The van der Waals surface area contributed by atoms with Crippen LogP contribution in [0.4, 0.5) is 0 Å². The van der Waals surface area contributed by atoms with E-state index >= 15 is 0 Å². The molecule has 4 aliphatic rings. The number of benzene rings is 1. The van der Waals surface area contributed by atoms with Crippen molar-refractivity contribution >= 4 is 11.8 Å². The summed E-state index contributed by atoms with van der Waals surface area (Å²) in [6.45, 7) is 16.1. The van der Waals surface area contributed by atoms with Gasteiger partial charge in [0.1, 0.15) is 29.8 Å². The molecule has 0 aliphatic carbocycles. The largest absolute Gasteiger partial charge is 0.493 e. The Kier molecular flexibility index (Phi) is 13.7. The fourth-order valence-corrected chi connectivity index (χ4v) is 8.25. The first kappa shape index (κ1) is 40.4. The highest BCUT2D eigenvalue weighted by Crippen LogP contribution is 2.38. The Morgan fingerprint density at radius 2 is 1.74 bits per heavy atom. The van der Waals surface area contributed by atoms with Crippen molar-refractivity contribution in [2.24, 2.45) is 17.8 Å². The predicted octanol–water partition coefficient (Wildman–Crippen LogP) is 4.33. The van der Waals surface area contributed by atoms with Gasteiger partial charge in [-0.3, -0.25) is 14.5 Å². The number of likely N-dealkylation sites (N-methyl/N-ethyl adjacent to an activating group) is 1. The number of ketones is 1. The van der Waals surface area contributed by atoms with E-state index < -0.39 is 59.7 Å². The second kappa shape index (κ2) is 17.0. The van der Waals surface area contributed by atoms with Crippen LogP contribution in [-0.2, 0) is 39.8 Å². The first-order valence-electron chi connectivity index (χ1n) is 18.3. The zero-order valence-electron chi connectivity index (χ0n) is 31.8. The number of fused-ring (bicyclic) bond motifs is 14. The summed E-state index contributed by atoms with van der Waals surface area (Å²) >= 11 is 0. The van der Waals surface area contributed by atoms with Gasteiger partial charge in [-0.2, -0.15) is 0 Å². The molecule has 0 saturated carbocycles. The van der Waals surface area contributed by atoms with Crippen molar-refractivity contribution in [2.45, 2.75) is 141 Å². The zero-order valence-corrected chi connectivity index (χ0v) is 31.8. The van der Waals surface area contributed by atoms with Crippen molar-refractivity contribution in [1.82, 2.24) is 9.80 Å². The molecule has 11 nitrogen and oxygen atoms in total. The van der Waals surface area contributed by atoms with Gasteiger partial charge in [0.05, 0.1) is 30.7 Å². The molecule has 13 atom stereocenters. The average molecular weight is 703 g/mol. The van der Waals surface area contributed by atoms with E-state index in [-0.39, 0.29) is 36.5 Å². The van der Waals surface area contributed by atoms with Crippen molar-refractivity contribution in [3.8, 4) is 0 Å². The fraction of sp³-hybridized carbons (Fsp3) is 0.744. The predicted molar refractivity (Wildman–Crippen MR) is 190 cm³/mol. The summed E-state index contributed by atoms with van der Waals surface area (Å²) in [5.41, 5.74) is -1.59. The van der Waals surface area contributed by atoms with Crippen LogP contribution in [-0.4, -0.2) is 119 Å². The van der Waals surface area contributed by atoms with Crippen LogP contribution < -0.4 is 0 Å². The van der Waals surface area contributed by atoms with Crippen LogP contribution in [0.1, 0.15) is 80.2 Å². The summed E-state index contributed by atoms with van der Waals surface area (Å²) in [7, 11) is 3.82. The Morgan fingerprint density at radius 3 is 2.38 bits per heavy atom. The SMILES string of the molecule is CC[C@H]1OC(=O)C(C)C(=O)[C@H](C)[C@@H](O[C@@H]2O[C@H](C)C[C@H](N(C)C)[C@H]2O)[C@@]2(C)C[C@@H](C)CN(Cc3ccccc3)[C@H](C)[C@H](O/C=C/CO2)[C@]1(C)O. The first-order chi connectivity index (χ1) is 23.5. The molecule has 4 heterocycles. The maximum Gasteiger partial charge on any atom is 0.316 e. The number of ether oxygens (including phenoxy) is 5. The Labute approximate surface area is 299 Å². The molecule has 2 bridgehead atoms. The molecule has 1 aromatic carbocycles. The van der Waals surface area contributed by atoms with Gasteiger partial charge < -0.3 is 38.8 Å². The zero-order chi connectivity index (χ0) is 37.0. The van der Waals surface area contributed by atoms with Crippen molar-refractivity contribution in [2.75, 3.05) is 27.2 Å². The van der Waals surface area contributed by atoms with Crippen LogP contribution in [0.3, 0.4) is 0 Å². The number of hydrogen-bond donors (Lipinski definition) is 2. The van der Waals surface area contributed by atoms with Gasteiger partial charge in [-0.05, 0) is 85.5 Å². The molecule has 4 aliphatic heterocycles. The third-order valence-corrected chi connectivity index (χ3v) is 11.1. The van der Waals surface area contributed by atoms with Crippen LogP contribution >= 0.6 is 0 Å². The van der Waals surface area contributed by atoms with Gasteiger partial charge >= 0.3 is 5.97 Å². The molecule has 282 valence electrons. The van der Waals surface area contributed by atoms with E-state index in [2.05, 4.69) is 24.0 Å². The molecule has 2 N–H and O–H groups in total.